The van der Waals surface area contributed by atoms with E-state index in [9.17, 15) is 4.79 Å². The number of benzene rings is 1. The van der Waals surface area contributed by atoms with Crippen LogP contribution >= 0.6 is 0 Å². The van der Waals surface area contributed by atoms with E-state index in [-0.39, 0.29) is 5.78 Å². The summed E-state index contributed by atoms with van der Waals surface area (Å²) in [7, 11) is 0. The molecule has 2 aromatic heterocycles. The summed E-state index contributed by atoms with van der Waals surface area (Å²) in [4.78, 5) is 19.0. The predicted molar refractivity (Wildman–Crippen MR) is 119 cm³/mol. The molecule has 5 rings (SSSR count). The van der Waals surface area contributed by atoms with Crippen molar-refractivity contribution in [2.45, 2.75) is 58.0 Å². The Morgan fingerprint density at radius 2 is 1.93 bits per heavy atom. The third kappa shape index (κ3) is 3.43. The summed E-state index contributed by atoms with van der Waals surface area (Å²) in [6.07, 6.45) is 7.54. The molecular formula is C23H28N6O. The van der Waals surface area contributed by atoms with Crippen LogP contribution in [-0.4, -0.2) is 38.5 Å². The van der Waals surface area contributed by atoms with Crippen LogP contribution in [0.25, 0.3) is 11.0 Å². The van der Waals surface area contributed by atoms with Gasteiger partial charge in [-0.15, -0.1) is 0 Å². The molecule has 4 N–H and O–H groups in total. The van der Waals surface area contributed by atoms with Gasteiger partial charge in [0.15, 0.2) is 11.4 Å². The fraction of sp³-hybridized carbons (Fsp3) is 0.435. The SMILES string of the molecule is CC(=O)c1ccc(Nc2nc3n[nH]c(N)c3c3c2CN(C2CCCCC2)CC3)cc1. The van der Waals surface area contributed by atoms with E-state index in [0.29, 0.717) is 23.1 Å². The van der Waals surface area contributed by atoms with Gasteiger partial charge < -0.3 is 11.1 Å². The van der Waals surface area contributed by atoms with Crippen LogP contribution in [0.5, 0.6) is 0 Å². The summed E-state index contributed by atoms with van der Waals surface area (Å²) in [6.45, 7) is 3.51. The zero-order valence-corrected chi connectivity index (χ0v) is 17.4. The molecule has 0 bridgehead atoms. The third-order valence-electron chi connectivity index (χ3n) is 6.60. The van der Waals surface area contributed by atoms with Crippen molar-refractivity contribution in [1.29, 1.82) is 0 Å². The molecule has 3 heterocycles. The van der Waals surface area contributed by atoms with Crippen LogP contribution < -0.4 is 11.1 Å². The van der Waals surface area contributed by atoms with Crippen molar-refractivity contribution < 1.29 is 4.79 Å². The van der Waals surface area contributed by atoms with Gasteiger partial charge in [0, 0.05) is 35.9 Å². The lowest BCUT2D eigenvalue weighted by atomic mass is 9.90. The van der Waals surface area contributed by atoms with Gasteiger partial charge in [-0.3, -0.25) is 14.8 Å². The number of nitrogen functional groups attached to an aromatic ring is 1. The Morgan fingerprint density at radius 3 is 2.67 bits per heavy atom. The number of carbonyl (C=O) groups excluding carboxylic acids is 1. The number of hydrogen-bond acceptors (Lipinski definition) is 6. The van der Waals surface area contributed by atoms with E-state index >= 15 is 0 Å². The van der Waals surface area contributed by atoms with Crippen LogP contribution in [0.15, 0.2) is 24.3 Å². The van der Waals surface area contributed by atoms with Gasteiger partial charge in [0.1, 0.15) is 11.6 Å². The summed E-state index contributed by atoms with van der Waals surface area (Å²) in [5.41, 5.74) is 10.9. The van der Waals surface area contributed by atoms with Gasteiger partial charge in [-0.2, -0.15) is 5.10 Å². The highest BCUT2D eigenvalue weighted by atomic mass is 16.1. The zero-order chi connectivity index (χ0) is 20.7. The van der Waals surface area contributed by atoms with Crippen molar-refractivity contribution in [3.05, 3.63) is 41.0 Å². The number of nitrogens with two attached hydrogens (primary N) is 1. The predicted octanol–water partition coefficient (Wildman–Crippen LogP) is 4.18. The molecule has 1 fully saturated rings. The smallest absolute Gasteiger partial charge is 0.185 e. The van der Waals surface area contributed by atoms with Crippen LogP contribution in [0, 0.1) is 0 Å². The molecular weight excluding hydrogens is 376 g/mol. The van der Waals surface area contributed by atoms with E-state index < -0.39 is 0 Å². The summed E-state index contributed by atoms with van der Waals surface area (Å²) in [5.74, 6) is 1.49. The lowest BCUT2D eigenvalue weighted by Gasteiger charge is -2.38. The molecule has 7 heteroatoms. The maximum Gasteiger partial charge on any atom is 0.185 e. The van der Waals surface area contributed by atoms with Gasteiger partial charge in [-0.05, 0) is 56.0 Å². The summed E-state index contributed by atoms with van der Waals surface area (Å²) < 4.78 is 0. The second kappa shape index (κ2) is 7.72. The van der Waals surface area contributed by atoms with Crippen molar-refractivity contribution in [3.8, 4) is 0 Å². The van der Waals surface area contributed by atoms with Gasteiger partial charge in [-0.1, -0.05) is 19.3 Å². The molecule has 0 amide bonds. The van der Waals surface area contributed by atoms with Crippen LogP contribution in [0.2, 0.25) is 0 Å². The van der Waals surface area contributed by atoms with E-state index in [1.165, 1.54) is 43.2 Å². The number of aromatic amines is 1. The van der Waals surface area contributed by atoms with Gasteiger partial charge >= 0.3 is 0 Å². The van der Waals surface area contributed by atoms with Crippen molar-refractivity contribution in [2.75, 3.05) is 17.6 Å². The fourth-order valence-electron chi connectivity index (χ4n) is 4.96. The number of nitrogens with one attached hydrogen (secondary N) is 2. The molecule has 30 heavy (non-hydrogen) atoms. The maximum absolute atomic E-state index is 11.6. The van der Waals surface area contributed by atoms with Gasteiger partial charge in [0.05, 0.1) is 5.39 Å². The molecule has 7 nitrogen and oxygen atoms in total. The Morgan fingerprint density at radius 1 is 1.17 bits per heavy atom. The Kier molecular flexibility index (Phi) is 4.90. The van der Waals surface area contributed by atoms with Crippen LogP contribution in [-0.2, 0) is 13.0 Å². The highest BCUT2D eigenvalue weighted by Gasteiger charge is 2.29. The second-order valence-corrected chi connectivity index (χ2v) is 8.52. The molecule has 0 spiro atoms. The second-order valence-electron chi connectivity index (χ2n) is 8.52. The monoisotopic (exact) mass is 404 g/mol. The number of ketones is 1. The number of anilines is 3. The molecule has 1 aliphatic heterocycles. The van der Waals surface area contributed by atoms with Crippen molar-refractivity contribution in [3.63, 3.8) is 0 Å². The minimum Gasteiger partial charge on any atom is -0.384 e. The zero-order valence-electron chi connectivity index (χ0n) is 17.4. The van der Waals surface area contributed by atoms with Gasteiger partial charge in [-0.25, -0.2) is 4.98 Å². The first-order chi connectivity index (χ1) is 14.6. The summed E-state index contributed by atoms with van der Waals surface area (Å²) >= 11 is 0. The standard InChI is InChI=1S/C23H28N6O/c1-14(30)15-7-9-16(10-8-15)25-22-19-13-29(17-5-3-2-4-6-17)12-11-18(19)20-21(24)27-28-23(20)26-22/h7-10,17H,2-6,11-13H2,1H3,(H4,24,25,26,27,28). The molecule has 1 aliphatic carbocycles. The molecule has 156 valence electrons. The molecule has 0 atom stereocenters. The topological polar surface area (TPSA) is 99.9 Å². The molecule has 3 aromatic rings. The van der Waals surface area contributed by atoms with E-state index in [0.717, 1.165) is 36.4 Å². The van der Waals surface area contributed by atoms with Gasteiger partial charge in [0.25, 0.3) is 0 Å². The fourth-order valence-corrected chi connectivity index (χ4v) is 4.96. The molecule has 0 radical (unpaired) electrons. The lowest BCUT2D eigenvalue weighted by molar-refractivity contribution is 0.101. The normalized spacial score (nSPS) is 17.8. The van der Waals surface area contributed by atoms with E-state index in [1.54, 1.807) is 6.92 Å². The number of rotatable bonds is 4. The molecule has 1 aromatic carbocycles. The Hall–Kier alpha value is -2.93. The minimum absolute atomic E-state index is 0.0635. The number of pyridine rings is 1. The van der Waals surface area contributed by atoms with Crippen LogP contribution in [0.3, 0.4) is 0 Å². The minimum atomic E-state index is 0.0635. The average Bonchev–Trinajstić information content (AvgIpc) is 3.15. The first-order valence-electron chi connectivity index (χ1n) is 10.9. The average molecular weight is 405 g/mol. The molecule has 2 aliphatic rings. The lowest BCUT2D eigenvalue weighted by Crippen LogP contribution is -2.40. The molecule has 1 saturated carbocycles. The summed E-state index contributed by atoms with van der Waals surface area (Å²) in [5, 5.41) is 11.7. The van der Waals surface area contributed by atoms with Gasteiger partial charge in [0.2, 0.25) is 0 Å². The maximum atomic E-state index is 11.6. The first kappa shape index (κ1) is 19.1. The van der Waals surface area contributed by atoms with Crippen molar-refractivity contribution >= 4 is 34.1 Å². The van der Waals surface area contributed by atoms with E-state index in [4.69, 9.17) is 10.7 Å². The number of carbonyl (C=O) groups is 1. The van der Waals surface area contributed by atoms with E-state index in [2.05, 4.69) is 20.4 Å². The van der Waals surface area contributed by atoms with Crippen molar-refractivity contribution in [1.82, 2.24) is 20.1 Å². The highest BCUT2D eigenvalue weighted by molar-refractivity contribution is 5.95. The number of H-pyrrole nitrogens is 1. The number of aromatic nitrogens is 3. The van der Waals surface area contributed by atoms with Crippen LogP contribution in [0.1, 0.15) is 60.5 Å². The third-order valence-corrected chi connectivity index (χ3v) is 6.60. The molecule has 0 saturated heterocycles. The highest BCUT2D eigenvalue weighted by Crippen LogP contribution is 2.36. The van der Waals surface area contributed by atoms with Crippen LogP contribution in [0.4, 0.5) is 17.3 Å². The van der Waals surface area contributed by atoms with Crippen molar-refractivity contribution in [2.24, 2.45) is 0 Å². The largest absolute Gasteiger partial charge is 0.384 e. The first-order valence-corrected chi connectivity index (χ1v) is 10.9. The summed E-state index contributed by atoms with van der Waals surface area (Å²) in [6, 6.07) is 8.20. The van der Waals surface area contributed by atoms with E-state index in [1.807, 2.05) is 24.3 Å². The number of hydrogen-bond donors (Lipinski definition) is 3. The Bertz CT molecular complexity index is 1080. The number of fused-ring (bicyclic) bond motifs is 3. The number of nitrogens with zero attached hydrogens (tertiary/aromatic N) is 3. The quantitative estimate of drug-likeness (QED) is 0.564. The Labute approximate surface area is 176 Å². The molecule has 0 unspecified atom stereocenters. The number of Topliss-reactive ketones (excluding diaryl/α,β-unsaturated/α-hetero) is 1. The Balaban J connectivity index is 1.52.